The van der Waals surface area contributed by atoms with Crippen LogP contribution in [0.2, 0.25) is 0 Å². The summed E-state index contributed by atoms with van der Waals surface area (Å²) in [6.45, 7) is 3.73. The molecule has 122 valence electrons. The normalized spacial score (nSPS) is 12.0. The minimum atomic E-state index is -0.653. The van der Waals surface area contributed by atoms with Gasteiger partial charge in [-0.25, -0.2) is 0 Å². The third kappa shape index (κ3) is 5.19. The number of carbonyl (C=O) groups excluding carboxylic acids is 2. The Labute approximate surface area is 139 Å². The van der Waals surface area contributed by atoms with E-state index >= 15 is 0 Å². The Morgan fingerprint density at radius 3 is 2.22 bits per heavy atom. The van der Waals surface area contributed by atoms with Crippen LogP contribution in [-0.4, -0.2) is 23.0 Å². The molecule has 0 spiro atoms. The highest BCUT2D eigenvalue weighted by molar-refractivity contribution is 7.12. The van der Waals surface area contributed by atoms with Gasteiger partial charge in [0.25, 0.3) is 5.91 Å². The van der Waals surface area contributed by atoms with Gasteiger partial charge in [0.05, 0.1) is 17.4 Å². The zero-order chi connectivity index (χ0) is 16.8. The first-order valence-electron chi connectivity index (χ1n) is 7.38. The van der Waals surface area contributed by atoms with Crippen LogP contribution in [0.4, 0.5) is 11.4 Å². The van der Waals surface area contributed by atoms with Crippen molar-refractivity contribution in [2.45, 2.75) is 26.4 Å². The van der Waals surface area contributed by atoms with Gasteiger partial charge in [-0.3, -0.25) is 9.59 Å². The summed E-state index contributed by atoms with van der Waals surface area (Å²) in [6.07, 6.45) is -0.589. The number of benzene rings is 1. The average molecular weight is 332 g/mol. The predicted molar refractivity (Wildman–Crippen MR) is 92.8 cm³/mol. The molecule has 1 aromatic heterocycles. The Morgan fingerprint density at radius 1 is 1.09 bits per heavy atom. The highest BCUT2D eigenvalue weighted by Crippen LogP contribution is 2.17. The number of aliphatic hydroxyl groups excluding tert-OH is 1. The number of rotatable bonds is 6. The highest BCUT2D eigenvalue weighted by Gasteiger charge is 2.14. The van der Waals surface area contributed by atoms with Crippen LogP contribution in [0, 0.1) is 5.92 Å². The van der Waals surface area contributed by atoms with E-state index in [2.05, 4.69) is 10.6 Å². The van der Waals surface area contributed by atoms with Crippen LogP contribution >= 0.6 is 11.3 Å². The number of amides is 2. The van der Waals surface area contributed by atoms with Gasteiger partial charge in [0.15, 0.2) is 0 Å². The van der Waals surface area contributed by atoms with Crippen molar-refractivity contribution in [3.05, 3.63) is 46.7 Å². The SMILES string of the molecule is CC(C)C(O)CC(=O)Nc1ccc(NC(=O)c2cccs2)cc1. The number of hydrogen-bond donors (Lipinski definition) is 3. The Balaban J connectivity index is 1.89. The number of nitrogens with one attached hydrogen (secondary N) is 2. The Kier molecular flexibility index (Phi) is 5.90. The van der Waals surface area contributed by atoms with E-state index in [0.717, 1.165) is 0 Å². The molecule has 2 aromatic rings. The smallest absolute Gasteiger partial charge is 0.265 e. The van der Waals surface area contributed by atoms with E-state index < -0.39 is 6.10 Å². The fraction of sp³-hybridized carbons (Fsp3) is 0.294. The van der Waals surface area contributed by atoms with Gasteiger partial charge < -0.3 is 15.7 Å². The Hall–Kier alpha value is -2.18. The van der Waals surface area contributed by atoms with E-state index in [4.69, 9.17) is 0 Å². The molecule has 1 aromatic carbocycles. The Bertz CT molecular complexity index is 651. The summed E-state index contributed by atoms with van der Waals surface area (Å²) in [5.41, 5.74) is 1.28. The van der Waals surface area contributed by atoms with Gasteiger partial charge >= 0.3 is 0 Å². The molecule has 1 unspecified atom stereocenters. The van der Waals surface area contributed by atoms with Crippen LogP contribution in [0.15, 0.2) is 41.8 Å². The maximum atomic E-state index is 11.9. The number of carbonyl (C=O) groups is 2. The van der Waals surface area contributed by atoms with E-state index in [1.807, 2.05) is 25.3 Å². The number of hydrogen-bond acceptors (Lipinski definition) is 4. The number of thiophene rings is 1. The topological polar surface area (TPSA) is 78.4 Å². The summed E-state index contributed by atoms with van der Waals surface area (Å²) in [5.74, 6) is -0.353. The minimum absolute atomic E-state index is 0.0376. The van der Waals surface area contributed by atoms with Crippen LogP contribution in [0.3, 0.4) is 0 Å². The molecule has 0 radical (unpaired) electrons. The van der Waals surface area contributed by atoms with Gasteiger partial charge in [-0.1, -0.05) is 19.9 Å². The maximum absolute atomic E-state index is 11.9. The summed E-state index contributed by atoms with van der Waals surface area (Å²) in [5, 5.41) is 17.1. The van der Waals surface area contributed by atoms with E-state index in [1.165, 1.54) is 11.3 Å². The van der Waals surface area contributed by atoms with Crippen LogP contribution in [0.5, 0.6) is 0 Å². The van der Waals surface area contributed by atoms with Crippen LogP contribution in [0.25, 0.3) is 0 Å². The zero-order valence-corrected chi connectivity index (χ0v) is 13.9. The minimum Gasteiger partial charge on any atom is -0.392 e. The molecular formula is C17H20N2O3S. The summed E-state index contributed by atoms with van der Waals surface area (Å²) >= 11 is 1.38. The number of anilines is 2. The van der Waals surface area contributed by atoms with Gasteiger partial charge in [-0.05, 0) is 41.6 Å². The molecule has 2 rings (SSSR count). The molecule has 0 aliphatic carbocycles. The van der Waals surface area contributed by atoms with E-state index in [1.54, 1.807) is 30.3 Å². The summed E-state index contributed by atoms with van der Waals surface area (Å²) in [7, 11) is 0. The van der Waals surface area contributed by atoms with E-state index in [0.29, 0.717) is 16.3 Å². The van der Waals surface area contributed by atoms with Crippen LogP contribution < -0.4 is 10.6 Å². The average Bonchev–Trinajstić information content (AvgIpc) is 3.03. The zero-order valence-electron chi connectivity index (χ0n) is 13.1. The molecule has 0 aliphatic heterocycles. The molecule has 0 saturated carbocycles. The van der Waals surface area contributed by atoms with Crippen molar-refractivity contribution < 1.29 is 14.7 Å². The fourth-order valence-corrected chi connectivity index (χ4v) is 2.49. The van der Waals surface area contributed by atoms with Gasteiger partial charge in [0, 0.05) is 11.4 Å². The molecule has 5 nitrogen and oxygen atoms in total. The van der Waals surface area contributed by atoms with Crippen LogP contribution in [0.1, 0.15) is 29.9 Å². The molecule has 6 heteroatoms. The first-order chi connectivity index (χ1) is 11.0. The lowest BCUT2D eigenvalue weighted by Gasteiger charge is -2.14. The van der Waals surface area contributed by atoms with Gasteiger partial charge in [0.1, 0.15) is 0 Å². The lowest BCUT2D eigenvalue weighted by Crippen LogP contribution is -2.23. The van der Waals surface area contributed by atoms with Crippen LogP contribution in [-0.2, 0) is 4.79 Å². The third-order valence-electron chi connectivity index (χ3n) is 3.34. The lowest BCUT2D eigenvalue weighted by molar-refractivity contribution is -0.118. The molecular weight excluding hydrogens is 312 g/mol. The van der Waals surface area contributed by atoms with Crippen molar-refractivity contribution in [2.75, 3.05) is 10.6 Å². The van der Waals surface area contributed by atoms with Crippen molar-refractivity contribution in [3.8, 4) is 0 Å². The van der Waals surface area contributed by atoms with Crippen molar-refractivity contribution in [1.29, 1.82) is 0 Å². The maximum Gasteiger partial charge on any atom is 0.265 e. The van der Waals surface area contributed by atoms with Crippen molar-refractivity contribution in [3.63, 3.8) is 0 Å². The first-order valence-corrected chi connectivity index (χ1v) is 8.26. The molecule has 0 aliphatic rings. The lowest BCUT2D eigenvalue weighted by atomic mass is 10.0. The summed E-state index contributed by atoms with van der Waals surface area (Å²) in [4.78, 5) is 24.4. The molecule has 23 heavy (non-hydrogen) atoms. The van der Waals surface area contributed by atoms with Gasteiger partial charge in [-0.15, -0.1) is 11.3 Å². The monoisotopic (exact) mass is 332 g/mol. The summed E-state index contributed by atoms with van der Waals surface area (Å²) < 4.78 is 0. The van der Waals surface area contributed by atoms with Gasteiger partial charge in [-0.2, -0.15) is 0 Å². The second-order valence-electron chi connectivity index (χ2n) is 5.57. The second-order valence-corrected chi connectivity index (χ2v) is 6.52. The first kappa shape index (κ1) is 17.2. The molecule has 0 bridgehead atoms. The van der Waals surface area contributed by atoms with E-state index in [9.17, 15) is 14.7 Å². The number of aliphatic hydroxyl groups is 1. The molecule has 1 heterocycles. The van der Waals surface area contributed by atoms with Crippen molar-refractivity contribution >= 4 is 34.5 Å². The Morgan fingerprint density at radius 2 is 1.70 bits per heavy atom. The molecule has 1 atom stereocenters. The van der Waals surface area contributed by atoms with Crippen molar-refractivity contribution in [1.82, 2.24) is 0 Å². The standard InChI is InChI=1S/C17H20N2O3S/c1-11(2)14(20)10-16(21)18-12-5-7-13(8-6-12)19-17(22)15-4-3-9-23-15/h3-9,11,14,20H,10H2,1-2H3,(H,18,21)(H,19,22). The van der Waals surface area contributed by atoms with Crippen molar-refractivity contribution in [2.24, 2.45) is 5.92 Å². The summed E-state index contributed by atoms with van der Waals surface area (Å²) in [6, 6.07) is 10.5. The molecule has 0 fully saturated rings. The second kappa shape index (κ2) is 7.89. The van der Waals surface area contributed by atoms with E-state index in [-0.39, 0.29) is 24.2 Å². The third-order valence-corrected chi connectivity index (χ3v) is 4.20. The fourth-order valence-electron chi connectivity index (χ4n) is 1.88. The highest BCUT2D eigenvalue weighted by atomic mass is 32.1. The largest absolute Gasteiger partial charge is 0.392 e. The molecule has 2 amide bonds. The molecule has 3 N–H and O–H groups in total. The van der Waals surface area contributed by atoms with Gasteiger partial charge in [0.2, 0.25) is 5.91 Å². The predicted octanol–water partition coefficient (Wildman–Crippen LogP) is 3.35. The molecule has 0 saturated heterocycles. The quantitative estimate of drug-likeness (QED) is 0.759.